The molecule has 1 aromatic heterocycles. The second-order valence-electron chi connectivity index (χ2n) is 3.63. The van der Waals surface area contributed by atoms with Gasteiger partial charge in [-0.25, -0.2) is 9.37 Å². The minimum atomic E-state index is -0.731. The number of aldehydes is 1. The molecular formula is C13H9FN2O3. The average Bonchev–Trinajstić information content (AvgIpc) is 2.41. The number of aromatic nitrogens is 1. The number of carbonyl (C=O) groups is 2. The second kappa shape index (κ2) is 5.26. The fourth-order valence-electron chi connectivity index (χ4n) is 1.44. The molecule has 0 aliphatic rings. The summed E-state index contributed by atoms with van der Waals surface area (Å²) in [6.07, 6.45) is 1.90. The first-order chi connectivity index (χ1) is 9.11. The van der Waals surface area contributed by atoms with Crippen molar-refractivity contribution in [2.24, 2.45) is 5.73 Å². The monoisotopic (exact) mass is 260 g/mol. The summed E-state index contributed by atoms with van der Waals surface area (Å²) in [7, 11) is 0. The van der Waals surface area contributed by atoms with Gasteiger partial charge in [0, 0.05) is 11.8 Å². The highest BCUT2D eigenvalue weighted by Gasteiger charge is 2.13. The lowest BCUT2D eigenvalue weighted by Gasteiger charge is -2.08. The van der Waals surface area contributed by atoms with Crippen LogP contribution in [0.4, 0.5) is 4.39 Å². The number of rotatable bonds is 4. The number of primary amides is 1. The molecule has 0 saturated heterocycles. The van der Waals surface area contributed by atoms with E-state index in [1.54, 1.807) is 0 Å². The predicted octanol–water partition coefficient (Wildman–Crippen LogP) is 1.92. The van der Waals surface area contributed by atoms with Crippen molar-refractivity contribution in [1.82, 2.24) is 4.98 Å². The highest BCUT2D eigenvalue weighted by molar-refractivity contribution is 5.95. The SMILES string of the molecule is NC(=O)c1cccnc1Oc1ccc(C=O)cc1F. The predicted molar refractivity (Wildman–Crippen MR) is 64.6 cm³/mol. The molecule has 0 unspecified atom stereocenters. The van der Waals surface area contributed by atoms with Gasteiger partial charge < -0.3 is 10.5 Å². The Morgan fingerprint density at radius 1 is 1.37 bits per heavy atom. The van der Waals surface area contributed by atoms with Crippen LogP contribution in [0.5, 0.6) is 11.6 Å². The van der Waals surface area contributed by atoms with Crippen LogP contribution in [0.1, 0.15) is 20.7 Å². The first-order valence-electron chi connectivity index (χ1n) is 5.29. The summed E-state index contributed by atoms with van der Waals surface area (Å²) in [4.78, 5) is 25.5. The number of carbonyl (C=O) groups excluding carboxylic acids is 2. The molecule has 1 amide bonds. The summed E-state index contributed by atoms with van der Waals surface area (Å²) in [5, 5.41) is 0. The first-order valence-corrected chi connectivity index (χ1v) is 5.29. The quantitative estimate of drug-likeness (QED) is 0.851. The molecule has 0 radical (unpaired) electrons. The lowest BCUT2D eigenvalue weighted by atomic mass is 10.2. The minimum Gasteiger partial charge on any atom is -0.435 e. The highest BCUT2D eigenvalue weighted by atomic mass is 19.1. The van der Waals surface area contributed by atoms with Gasteiger partial charge in [0.05, 0.1) is 0 Å². The summed E-state index contributed by atoms with van der Waals surface area (Å²) in [5.74, 6) is -1.70. The van der Waals surface area contributed by atoms with Crippen molar-refractivity contribution >= 4 is 12.2 Å². The zero-order valence-corrected chi connectivity index (χ0v) is 9.67. The Balaban J connectivity index is 2.36. The summed E-state index contributed by atoms with van der Waals surface area (Å²) in [6.45, 7) is 0. The van der Waals surface area contributed by atoms with Gasteiger partial charge in [-0.3, -0.25) is 9.59 Å². The van der Waals surface area contributed by atoms with Gasteiger partial charge in [-0.2, -0.15) is 0 Å². The van der Waals surface area contributed by atoms with Gasteiger partial charge in [-0.1, -0.05) is 0 Å². The molecule has 6 heteroatoms. The van der Waals surface area contributed by atoms with E-state index >= 15 is 0 Å². The number of hydrogen-bond acceptors (Lipinski definition) is 4. The second-order valence-corrected chi connectivity index (χ2v) is 3.63. The van der Waals surface area contributed by atoms with Crippen molar-refractivity contribution in [1.29, 1.82) is 0 Å². The Morgan fingerprint density at radius 2 is 2.16 bits per heavy atom. The van der Waals surface area contributed by atoms with Gasteiger partial charge in [0.2, 0.25) is 5.88 Å². The Kier molecular flexibility index (Phi) is 3.51. The maximum Gasteiger partial charge on any atom is 0.254 e. The van der Waals surface area contributed by atoms with Gasteiger partial charge in [-0.05, 0) is 30.3 Å². The zero-order valence-electron chi connectivity index (χ0n) is 9.67. The summed E-state index contributed by atoms with van der Waals surface area (Å²) in [5.41, 5.74) is 5.38. The molecule has 0 aliphatic carbocycles. The first kappa shape index (κ1) is 12.7. The maximum atomic E-state index is 13.6. The molecular weight excluding hydrogens is 251 g/mol. The molecule has 2 rings (SSSR count). The Hall–Kier alpha value is -2.76. The number of benzene rings is 1. The normalized spacial score (nSPS) is 9.95. The number of ether oxygens (including phenoxy) is 1. The Labute approximate surface area is 107 Å². The standard InChI is InChI=1S/C13H9FN2O3/c14-10-6-8(7-17)3-4-11(10)19-13-9(12(15)18)2-1-5-16-13/h1-7H,(H2,15,18). The lowest BCUT2D eigenvalue weighted by Crippen LogP contribution is -2.12. The van der Waals surface area contributed by atoms with E-state index in [2.05, 4.69) is 4.98 Å². The van der Waals surface area contributed by atoms with Crippen molar-refractivity contribution < 1.29 is 18.7 Å². The van der Waals surface area contributed by atoms with Crippen molar-refractivity contribution in [3.63, 3.8) is 0 Å². The van der Waals surface area contributed by atoms with Crippen LogP contribution >= 0.6 is 0 Å². The van der Waals surface area contributed by atoms with E-state index in [-0.39, 0.29) is 22.8 Å². The van der Waals surface area contributed by atoms with E-state index in [1.165, 1.54) is 30.5 Å². The minimum absolute atomic E-state index is 0.0429. The number of pyridine rings is 1. The molecule has 96 valence electrons. The maximum absolute atomic E-state index is 13.6. The third kappa shape index (κ3) is 2.74. The number of nitrogens with two attached hydrogens (primary N) is 1. The molecule has 0 spiro atoms. The van der Waals surface area contributed by atoms with Gasteiger partial charge >= 0.3 is 0 Å². The molecule has 0 bridgehead atoms. The molecule has 19 heavy (non-hydrogen) atoms. The number of nitrogens with zero attached hydrogens (tertiary/aromatic N) is 1. The molecule has 1 heterocycles. The van der Waals surface area contributed by atoms with E-state index in [4.69, 9.17) is 10.5 Å². The van der Waals surface area contributed by atoms with E-state index in [0.29, 0.717) is 6.29 Å². The topological polar surface area (TPSA) is 82.3 Å². The third-order valence-electron chi connectivity index (χ3n) is 2.34. The lowest BCUT2D eigenvalue weighted by molar-refractivity contribution is 0.0997. The van der Waals surface area contributed by atoms with Gasteiger partial charge in [0.1, 0.15) is 11.8 Å². The van der Waals surface area contributed by atoms with Crippen LogP contribution in [0, 0.1) is 5.82 Å². The molecule has 2 aromatic rings. The van der Waals surface area contributed by atoms with E-state index in [9.17, 15) is 14.0 Å². The van der Waals surface area contributed by atoms with Crippen LogP contribution in [-0.4, -0.2) is 17.2 Å². The summed E-state index contributed by atoms with van der Waals surface area (Å²) >= 11 is 0. The number of halogens is 1. The molecule has 2 N–H and O–H groups in total. The number of hydrogen-bond donors (Lipinski definition) is 1. The smallest absolute Gasteiger partial charge is 0.254 e. The Morgan fingerprint density at radius 3 is 2.79 bits per heavy atom. The summed E-state index contributed by atoms with van der Waals surface area (Å²) in [6, 6.07) is 6.62. The van der Waals surface area contributed by atoms with Crippen LogP contribution in [-0.2, 0) is 0 Å². The van der Waals surface area contributed by atoms with E-state index in [0.717, 1.165) is 6.07 Å². The molecule has 0 fully saturated rings. The molecule has 0 saturated carbocycles. The van der Waals surface area contributed by atoms with Gasteiger partial charge in [0.15, 0.2) is 11.6 Å². The molecule has 1 aromatic carbocycles. The largest absolute Gasteiger partial charge is 0.435 e. The van der Waals surface area contributed by atoms with Crippen molar-refractivity contribution in [3.8, 4) is 11.6 Å². The van der Waals surface area contributed by atoms with E-state index < -0.39 is 11.7 Å². The van der Waals surface area contributed by atoms with Crippen LogP contribution in [0.2, 0.25) is 0 Å². The van der Waals surface area contributed by atoms with Crippen molar-refractivity contribution in [3.05, 3.63) is 53.5 Å². The summed E-state index contributed by atoms with van der Waals surface area (Å²) < 4.78 is 18.8. The zero-order chi connectivity index (χ0) is 13.8. The highest BCUT2D eigenvalue weighted by Crippen LogP contribution is 2.25. The van der Waals surface area contributed by atoms with Crippen LogP contribution < -0.4 is 10.5 Å². The fraction of sp³-hybridized carbons (Fsp3) is 0. The average molecular weight is 260 g/mol. The number of amides is 1. The van der Waals surface area contributed by atoms with Crippen LogP contribution in [0.15, 0.2) is 36.5 Å². The third-order valence-corrected chi connectivity index (χ3v) is 2.34. The van der Waals surface area contributed by atoms with Crippen molar-refractivity contribution in [2.75, 3.05) is 0 Å². The van der Waals surface area contributed by atoms with Crippen molar-refractivity contribution in [2.45, 2.75) is 0 Å². The van der Waals surface area contributed by atoms with Gasteiger partial charge in [-0.15, -0.1) is 0 Å². The van der Waals surface area contributed by atoms with Crippen LogP contribution in [0.25, 0.3) is 0 Å². The fourth-order valence-corrected chi connectivity index (χ4v) is 1.44. The van der Waals surface area contributed by atoms with Gasteiger partial charge in [0.25, 0.3) is 5.91 Å². The molecule has 5 nitrogen and oxygen atoms in total. The van der Waals surface area contributed by atoms with E-state index in [1.807, 2.05) is 0 Å². The van der Waals surface area contributed by atoms with Crippen LogP contribution in [0.3, 0.4) is 0 Å². The molecule has 0 aliphatic heterocycles. The Bertz CT molecular complexity index is 644. The molecule has 0 atom stereocenters.